The number of rotatable bonds is 4. The Morgan fingerprint density at radius 3 is 2.37 bits per heavy atom. The van der Waals surface area contributed by atoms with Crippen LogP contribution in [0.2, 0.25) is 0 Å². The maximum absolute atomic E-state index is 13.7. The van der Waals surface area contributed by atoms with Crippen LogP contribution in [0.1, 0.15) is 31.9 Å². The van der Waals surface area contributed by atoms with Crippen LogP contribution in [0.15, 0.2) is 17.0 Å². The fraction of sp³-hybridized carbons (Fsp3) is 0.538. The molecule has 0 aromatic heterocycles. The zero-order valence-corrected chi connectivity index (χ0v) is 12.6. The van der Waals surface area contributed by atoms with Crippen molar-refractivity contribution in [3.8, 4) is 0 Å². The van der Waals surface area contributed by atoms with E-state index >= 15 is 0 Å². The number of hydrogen-bond acceptors (Lipinski definition) is 3. The summed E-state index contributed by atoms with van der Waals surface area (Å²) in [6.45, 7) is 7.58. The number of hydrogen-bond donors (Lipinski definition) is 2. The lowest BCUT2D eigenvalue weighted by Crippen LogP contribution is -2.32. The molecule has 0 bridgehead atoms. The molecule has 1 aromatic rings. The molecule has 0 heterocycles. The molecule has 0 aliphatic rings. The SMILES string of the molecule is Cc1cc(S(=O)(=O)NCC(C)(C)C)cc(CN)c1F. The Morgan fingerprint density at radius 2 is 1.89 bits per heavy atom. The minimum atomic E-state index is -3.64. The average molecular weight is 288 g/mol. The van der Waals surface area contributed by atoms with Gasteiger partial charge in [-0.05, 0) is 30.0 Å². The summed E-state index contributed by atoms with van der Waals surface area (Å²) in [7, 11) is -3.64. The van der Waals surface area contributed by atoms with E-state index in [4.69, 9.17) is 5.73 Å². The van der Waals surface area contributed by atoms with Crippen LogP contribution in [0.4, 0.5) is 4.39 Å². The first kappa shape index (κ1) is 16.1. The summed E-state index contributed by atoms with van der Waals surface area (Å²) >= 11 is 0. The largest absolute Gasteiger partial charge is 0.326 e. The van der Waals surface area contributed by atoms with E-state index in [1.165, 1.54) is 19.1 Å². The van der Waals surface area contributed by atoms with Crippen LogP contribution >= 0.6 is 0 Å². The smallest absolute Gasteiger partial charge is 0.240 e. The first-order chi connectivity index (χ1) is 8.57. The van der Waals surface area contributed by atoms with E-state index in [2.05, 4.69) is 4.72 Å². The van der Waals surface area contributed by atoms with E-state index in [0.717, 1.165) is 0 Å². The number of nitrogens with two attached hydrogens (primary N) is 1. The molecule has 0 fully saturated rings. The van der Waals surface area contributed by atoms with Gasteiger partial charge in [0.1, 0.15) is 5.82 Å². The summed E-state index contributed by atoms with van der Waals surface area (Å²) in [5, 5.41) is 0. The minimum absolute atomic E-state index is 0.0324. The first-order valence-corrected chi connectivity index (χ1v) is 7.54. The monoisotopic (exact) mass is 288 g/mol. The summed E-state index contributed by atoms with van der Waals surface area (Å²) < 4.78 is 40.4. The van der Waals surface area contributed by atoms with E-state index in [9.17, 15) is 12.8 Å². The van der Waals surface area contributed by atoms with Gasteiger partial charge in [-0.3, -0.25) is 0 Å². The van der Waals surface area contributed by atoms with Gasteiger partial charge in [-0.15, -0.1) is 0 Å². The van der Waals surface area contributed by atoms with Crippen molar-refractivity contribution < 1.29 is 12.8 Å². The van der Waals surface area contributed by atoms with Crippen LogP contribution in [0.3, 0.4) is 0 Å². The van der Waals surface area contributed by atoms with Crippen LogP contribution in [0, 0.1) is 18.2 Å². The van der Waals surface area contributed by atoms with Gasteiger partial charge in [0.2, 0.25) is 10.0 Å². The lowest BCUT2D eigenvalue weighted by molar-refractivity contribution is 0.407. The summed E-state index contributed by atoms with van der Waals surface area (Å²) in [5.74, 6) is -0.447. The van der Waals surface area contributed by atoms with Crippen molar-refractivity contribution in [2.24, 2.45) is 11.1 Å². The fourth-order valence-electron chi connectivity index (χ4n) is 1.51. The van der Waals surface area contributed by atoms with Gasteiger partial charge >= 0.3 is 0 Å². The molecule has 0 saturated heterocycles. The molecule has 0 aliphatic heterocycles. The third-order valence-corrected chi connectivity index (χ3v) is 4.01. The minimum Gasteiger partial charge on any atom is -0.326 e. The second-order valence-electron chi connectivity index (χ2n) is 5.80. The number of halogens is 1. The average Bonchev–Trinajstić information content (AvgIpc) is 2.29. The lowest BCUT2D eigenvalue weighted by Gasteiger charge is -2.19. The maximum atomic E-state index is 13.7. The van der Waals surface area contributed by atoms with Gasteiger partial charge in [0.25, 0.3) is 0 Å². The Hall–Kier alpha value is -0.980. The summed E-state index contributed by atoms with van der Waals surface area (Å²) in [6.07, 6.45) is 0. The van der Waals surface area contributed by atoms with Crippen LogP contribution in [-0.2, 0) is 16.6 Å². The fourth-order valence-corrected chi connectivity index (χ4v) is 2.92. The predicted octanol–water partition coefficient (Wildman–Crippen LogP) is 1.92. The van der Waals surface area contributed by atoms with Gasteiger partial charge in [0, 0.05) is 18.7 Å². The molecule has 19 heavy (non-hydrogen) atoms. The lowest BCUT2D eigenvalue weighted by atomic mass is 9.98. The molecule has 0 radical (unpaired) electrons. The van der Waals surface area contributed by atoms with Crippen LogP contribution in [0.25, 0.3) is 0 Å². The number of aryl methyl sites for hydroxylation is 1. The van der Waals surface area contributed by atoms with Crippen molar-refractivity contribution >= 4 is 10.0 Å². The van der Waals surface area contributed by atoms with Crippen molar-refractivity contribution in [1.29, 1.82) is 0 Å². The number of nitrogens with one attached hydrogen (secondary N) is 1. The van der Waals surface area contributed by atoms with Crippen LogP contribution < -0.4 is 10.5 Å². The molecular formula is C13H21FN2O2S. The molecule has 1 aromatic carbocycles. The van der Waals surface area contributed by atoms with Crippen molar-refractivity contribution in [2.75, 3.05) is 6.54 Å². The van der Waals surface area contributed by atoms with Gasteiger partial charge < -0.3 is 5.73 Å². The van der Waals surface area contributed by atoms with Crippen LogP contribution in [0.5, 0.6) is 0 Å². The molecule has 0 saturated carbocycles. The first-order valence-electron chi connectivity index (χ1n) is 6.05. The number of sulfonamides is 1. The Labute approximate surface area is 114 Å². The Morgan fingerprint density at radius 1 is 1.32 bits per heavy atom. The summed E-state index contributed by atoms with van der Waals surface area (Å²) in [5.41, 5.74) is 5.73. The molecule has 1 rings (SSSR count). The maximum Gasteiger partial charge on any atom is 0.240 e. The van der Waals surface area contributed by atoms with E-state index in [1.54, 1.807) is 0 Å². The molecule has 0 unspecified atom stereocenters. The molecule has 6 heteroatoms. The Balaban J connectivity index is 3.12. The normalized spacial score (nSPS) is 12.7. The third kappa shape index (κ3) is 4.26. The predicted molar refractivity (Wildman–Crippen MR) is 73.7 cm³/mol. The quantitative estimate of drug-likeness (QED) is 0.889. The Bertz CT molecular complexity index is 563. The van der Waals surface area contributed by atoms with Crippen molar-refractivity contribution in [3.63, 3.8) is 0 Å². The number of benzene rings is 1. The molecule has 0 spiro atoms. The molecule has 108 valence electrons. The van der Waals surface area contributed by atoms with E-state index < -0.39 is 15.8 Å². The standard InChI is InChI=1S/C13H21FN2O2S/c1-9-5-11(6-10(7-15)12(9)14)19(17,18)16-8-13(2,3)4/h5-6,16H,7-8,15H2,1-4H3. The molecule has 0 aliphatic carbocycles. The highest BCUT2D eigenvalue weighted by atomic mass is 32.2. The topological polar surface area (TPSA) is 72.2 Å². The zero-order valence-electron chi connectivity index (χ0n) is 11.7. The highest BCUT2D eigenvalue weighted by Gasteiger charge is 2.20. The summed E-state index contributed by atoms with van der Waals surface area (Å²) in [6, 6.07) is 2.60. The van der Waals surface area contributed by atoms with E-state index in [0.29, 0.717) is 6.54 Å². The highest BCUT2D eigenvalue weighted by molar-refractivity contribution is 7.89. The van der Waals surface area contributed by atoms with E-state index in [-0.39, 0.29) is 28.0 Å². The van der Waals surface area contributed by atoms with Crippen molar-refractivity contribution in [2.45, 2.75) is 39.1 Å². The molecule has 0 atom stereocenters. The van der Waals surface area contributed by atoms with Crippen molar-refractivity contribution in [3.05, 3.63) is 29.1 Å². The zero-order chi connectivity index (χ0) is 14.8. The summed E-state index contributed by atoms with van der Waals surface area (Å²) in [4.78, 5) is 0.0519. The molecular weight excluding hydrogens is 267 g/mol. The second-order valence-corrected chi connectivity index (χ2v) is 7.57. The van der Waals surface area contributed by atoms with Gasteiger partial charge in [-0.1, -0.05) is 20.8 Å². The van der Waals surface area contributed by atoms with Gasteiger partial charge in [-0.2, -0.15) is 0 Å². The molecule has 3 N–H and O–H groups in total. The van der Waals surface area contributed by atoms with Gasteiger partial charge in [0.15, 0.2) is 0 Å². The molecule has 4 nitrogen and oxygen atoms in total. The van der Waals surface area contributed by atoms with Gasteiger partial charge in [-0.25, -0.2) is 17.5 Å². The van der Waals surface area contributed by atoms with Crippen molar-refractivity contribution in [1.82, 2.24) is 4.72 Å². The third-order valence-electron chi connectivity index (χ3n) is 2.63. The van der Waals surface area contributed by atoms with E-state index in [1.807, 2.05) is 20.8 Å². The van der Waals surface area contributed by atoms with Crippen LogP contribution in [-0.4, -0.2) is 15.0 Å². The second kappa shape index (κ2) is 5.56. The molecule has 0 amide bonds. The Kier molecular flexibility index (Phi) is 4.71. The highest BCUT2D eigenvalue weighted by Crippen LogP contribution is 2.20. The van der Waals surface area contributed by atoms with Gasteiger partial charge in [0.05, 0.1) is 4.90 Å².